The summed E-state index contributed by atoms with van der Waals surface area (Å²) in [5.74, 6) is 0. The van der Waals surface area contributed by atoms with Crippen LogP contribution in [0.4, 0.5) is 0 Å². The van der Waals surface area contributed by atoms with Gasteiger partial charge in [0.1, 0.15) is 5.60 Å². The quantitative estimate of drug-likeness (QED) is 0.615. The second-order valence-electron chi connectivity index (χ2n) is 8.70. The lowest BCUT2D eigenvalue weighted by Crippen LogP contribution is -2.46. The molecule has 3 aromatic carbocycles. The Bertz CT molecular complexity index is 863. The fourth-order valence-corrected chi connectivity index (χ4v) is 5.50. The number of ether oxygens (including phenoxy) is 1. The van der Waals surface area contributed by atoms with Gasteiger partial charge in [0.05, 0.1) is 12.7 Å². The molecule has 0 unspecified atom stereocenters. The smallest absolute Gasteiger partial charge is 0.143 e. The standard InChI is InChI=1S/C27H29NO2/c29-25-19-26(17-10-18-28(26)20-25)21-30-27(22-11-4-1-5-12-22,23-13-6-2-7-14-23)24-15-8-3-9-16-24/h1-9,11-16,25,29H,10,17-21H2/t25-,26+/m1/s1. The zero-order chi connectivity index (χ0) is 20.4. The fourth-order valence-electron chi connectivity index (χ4n) is 5.50. The molecule has 1 N–H and O–H groups in total. The van der Waals surface area contributed by atoms with Crippen LogP contribution in [0.5, 0.6) is 0 Å². The molecule has 30 heavy (non-hydrogen) atoms. The minimum Gasteiger partial charge on any atom is -0.392 e. The van der Waals surface area contributed by atoms with Crippen molar-refractivity contribution in [3.8, 4) is 0 Å². The molecule has 0 bridgehead atoms. The Morgan fingerprint density at radius 2 is 1.33 bits per heavy atom. The van der Waals surface area contributed by atoms with Crippen LogP contribution in [0.1, 0.15) is 36.0 Å². The van der Waals surface area contributed by atoms with Gasteiger partial charge in [0, 0.05) is 12.1 Å². The second kappa shape index (κ2) is 7.99. The molecule has 2 fully saturated rings. The SMILES string of the molecule is O[C@H]1CN2CCC[C@@]2(COC(c2ccccc2)(c2ccccc2)c2ccccc2)C1. The Morgan fingerprint density at radius 3 is 1.83 bits per heavy atom. The predicted molar refractivity (Wildman–Crippen MR) is 119 cm³/mol. The van der Waals surface area contributed by atoms with E-state index in [-0.39, 0.29) is 11.6 Å². The van der Waals surface area contributed by atoms with E-state index in [4.69, 9.17) is 4.74 Å². The molecule has 0 radical (unpaired) electrons. The highest BCUT2D eigenvalue weighted by Crippen LogP contribution is 2.45. The lowest BCUT2D eigenvalue weighted by atomic mass is 9.79. The highest BCUT2D eigenvalue weighted by atomic mass is 16.5. The summed E-state index contributed by atoms with van der Waals surface area (Å²) in [6.45, 7) is 2.41. The largest absolute Gasteiger partial charge is 0.392 e. The monoisotopic (exact) mass is 399 g/mol. The van der Waals surface area contributed by atoms with Gasteiger partial charge < -0.3 is 9.84 Å². The first-order valence-electron chi connectivity index (χ1n) is 11.0. The van der Waals surface area contributed by atoms with Gasteiger partial charge in [0.25, 0.3) is 0 Å². The fraction of sp³-hybridized carbons (Fsp3) is 0.333. The van der Waals surface area contributed by atoms with Gasteiger partial charge in [-0.3, -0.25) is 4.90 Å². The zero-order valence-corrected chi connectivity index (χ0v) is 17.3. The van der Waals surface area contributed by atoms with Crippen molar-refractivity contribution in [2.75, 3.05) is 19.7 Å². The first-order valence-corrected chi connectivity index (χ1v) is 11.0. The molecular weight excluding hydrogens is 370 g/mol. The molecule has 2 atom stereocenters. The van der Waals surface area contributed by atoms with E-state index in [0.717, 1.165) is 42.6 Å². The highest BCUT2D eigenvalue weighted by Gasteiger charge is 2.50. The van der Waals surface area contributed by atoms with E-state index in [1.807, 2.05) is 0 Å². The number of rotatable bonds is 6. The number of benzene rings is 3. The highest BCUT2D eigenvalue weighted by molar-refractivity contribution is 5.47. The normalized spacial score (nSPS) is 24.1. The Labute approximate surface area is 178 Å². The molecular formula is C27H29NO2. The van der Waals surface area contributed by atoms with Crippen LogP contribution >= 0.6 is 0 Å². The van der Waals surface area contributed by atoms with Crippen LogP contribution in [0, 0.1) is 0 Å². The van der Waals surface area contributed by atoms with Crippen molar-refractivity contribution in [3.05, 3.63) is 108 Å². The van der Waals surface area contributed by atoms with Crippen LogP contribution in [0.25, 0.3) is 0 Å². The van der Waals surface area contributed by atoms with Crippen LogP contribution in [0.2, 0.25) is 0 Å². The van der Waals surface area contributed by atoms with Gasteiger partial charge in [-0.05, 0) is 42.5 Å². The van der Waals surface area contributed by atoms with Crippen molar-refractivity contribution in [3.63, 3.8) is 0 Å². The third-order valence-corrected chi connectivity index (χ3v) is 6.89. The van der Waals surface area contributed by atoms with Crippen molar-refractivity contribution >= 4 is 0 Å². The second-order valence-corrected chi connectivity index (χ2v) is 8.70. The molecule has 0 spiro atoms. The lowest BCUT2D eigenvalue weighted by Gasteiger charge is -2.40. The van der Waals surface area contributed by atoms with E-state index in [9.17, 15) is 5.11 Å². The Hall–Kier alpha value is -2.46. The van der Waals surface area contributed by atoms with Gasteiger partial charge in [-0.15, -0.1) is 0 Å². The van der Waals surface area contributed by atoms with E-state index in [1.165, 1.54) is 6.42 Å². The van der Waals surface area contributed by atoms with Crippen LogP contribution in [-0.2, 0) is 10.3 Å². The number of hydrogen-bond acceptors (Lipinski definition) is 3. The van der Waals surface area contributed by atoms with Gasteiger partial charge in [-0.25, -0.2) is 0 Å². The predicted octanol–water partition coefficient (Wildman–Crippen LogP) is 4.59. The van der Waals surface area contributed by atoms with Crippen LogP contribution in [-0.4, -0.2) is 41.3 Å². The Balaban J connectivity index is 1.63. The maximum Gasteiger partial charge on any atom is 0.143 e. The third-order valence-electron chi connectivity index (χ3n) is 6.89. The molecule has 0 amide bonds. The summed E-state index contributed by atoms with van der Waals surface area (Å²) in [7, 11) is 0. The van der Waals surface area contributed by atoms with Crippen LogP contribution < -0.4 is 0 Å². The molecule has 0 saturated carbocycles. The summed E-state index contributed by atoms with van der Waals surface area (Å²) in [5, 5.41) is 10.4. The van der Waals surface area contributed by atoms with Crippen LogP contribution in [0.3, 0.4) is 0 Å². The average Bonchev–Trinajstić information content (AvgIpc) is 3.32. The van der Waals surface area contributed by atoms with Crippen molar-refractivity contribution in [1.29, 1.82) is 0 Å². The first-order chi connectivity index (χ1) is 14.7. The van der Waals surface area contributed by atoms with E-state index in [0.29, 0.717) is 6.61 Å². The molecule has 154 valence electrons. The minimum absolute atomic E-state index is 0.0665. The molecule has 2 heterocycles. The van der Waals surface area contributed by atoms with E-state index >= 15 is 0 Å². The topological polar surface area (TPSA) is 32.7 Å². The molecule has 5 rings (SSSR count). The minimum atomic E-state index is -0.694. The van der Waals surface area contributed by atoms with Crippen molar-refractivity contribution in [2.45, 2.75) is 36.5 Å². The number of fused-ring (bicyclic) bond motifs is 1. The molecule has 2 saturated heterocycles. The van der Waals surface area contributed by atoms with Gasteiger partial charge >= 0.3 is 0 Å². The molecule has 0 aliphatic carbocycles. The number of nitrogens with zero attached hydrogens (tertiary/aromatic N) is 1. The molecule has 3 heteroatoms. The number of hydrogen-bond donors (Lipinski definition) is 1. The molecule has 2 aliphatic heterocycles. The van der Waals surface area contributed by atoms with Crippen LogP contribution in [0.15, 0.2) is 91.0 Å². The van der Waals surface area contributed by atoms with E-state index < -0.39 is 5.60 Å². The summed E-state index contributed by atoms with van der Waals surface area (Å²) in [6.07, 6.45) is 2.79. The van der Waals surface area contributed by atoms with E-state index in [1.54, 1.807) is 0 Å². The van der Waals surface area contributed by atoms with E-state index in [2.05, 4.69) is 95.9 Å². The average molecular weight is 400 g/mol. The number of aliphatic hydroxyl groups is 1. The third kappa shape index (κ3) is 3.27. The van der Waals surface area contributed by atoms with Crippen molar-refractivity contribution in [1.82, 2.24) is 4.90 Å². The molecule has 3 nitrogen and oxygen atoms in total. The Kier molecular flexibility index (Phi) is 5.20. The summed E-state index contributed by atoms with van der Waals surface area (Å²) in [6, 6.07) is 31.6. The number of β-amino-alcohol motifs (C(OH)–C–C–N with tert-alkyl or cyclic N) is 1. The molecule has 2 aliphatic rings. The molecule has 3 aromatic rings. The summed E-state index contributed by atoms with van der Waals surface area (Å²) in [5.41, 5.74) is 2.62. The van der Waals surface area contributed by atoms with Gasteiger partial charge in [0.15, 0.2) is 0 Å². The lowest BCUT2D eigenvalue weighted by molar-refractivity contribution is -0.0422. The maximum absolute atomic E-state index is 10.4. The zero-order valence-electron chi connectivity index (χ0n) is 17.3. The molecule has 0 aromatic heterocycles. The summed E-state index contributed by atoms with van der Waals surface area (Å²) < 4.78 is 7.07. The summed E-state index contributed by atoms with van der Waals surface area (Å²) in [4.78, 5) is 2.45. The summed E-state index contributed by atoms with van der Waals surface area (Å²) >= 11 is 0. The van der Waals surface area contributed by atoms with Gasteiger partial charge in [0.2, 0.25) is 0 Å². The van der Waals surface area contributed by atoms with Gasteiger partial charge in [-0.2, -0.15) is 0 Å². The van der Waals surface area contributed by atoms with Crippen molar-refractivity contribution < 1.29 is 9.84 Å². The number of aliphatic hydroxyl groups excluding tert-OH is 1. The van der Waals surface area contributed by atoms with Gasteiger partial charge in [-0.1, -0.05) is 91.0 Å². The van der Waals surface area contributed by atoms with Crippen molar-refractivity contribution in [2.24, 2.45) is 0 Å². The first kappa shape index (κ1) is 19.5. The Morgan fingerprint density at radius 1 is 0.833 bits per heavy atom. The maximum atomic E-state index is 10.4.